The van der Waals surface area contributed by atoms with Crippen LogP contribution in [0.5, 0.6) is 0 Å². The van der Waals surface area contributed by atoms with Crippen LogP contribution in [0.2, 0.25) is 10.0 Å². The number of halogens is 2. The number of ether oxygens (including phenoxy) is 2. The van der Waals surface area contributed by atoms with E-state index < -0.39 is 0 Å². The molecule has 4 nitrogen and oxygen atoms in total. The molecule has 0 aliphatic carbocycles. The lowest BCUT2D eigenvalue weighted by Crippen LogP contribution is -2.11. The van der Waals surface area contributed by atoms with Gasteiger partial charge in [-0.2, -0.15) is 0 Å². The van der Waals surface area contributed by atoms with E-state index >= 15 is 0 Å². The van der Waals surface area contributed by atoms with Gasteiger partial charge < -0.3 is 9.47 Å². The fraction of sp³-hybridized carbons (Fsp3) is 0.529. The zero-order valence-electron chi connectivity index (χ0n) is 13.4. The summed E-state index contributed by atoms with van der Waals surface area (Å²) in [5.41, 5.74) is 0.876. The van der Waals surface area contributed by atoms with Crippen LogP contribution in [0, 0.1) is 5.92 Å². The summed E-state index contributed by atoms with van der Waals surface area (Å²) in [5, 5.41) is 1.13. The molecule has 0 fully saturated rings. The van der Waals surface area contributed by atoms with Crippen molar-refractivity contribution in [1.82, 2.24) is 0 Å². The number of carbonyl (C=O) groups is 2. The number of benzene rings is 1. The molecule has 0 bridgehead atoms. The molecule has 0 radical (unpaired) electrons. The van der Waals surface area contributed by atoms with E-state index in [-0.39, 0.29) is 31.4 Å². The lowest BCUT2D eigenvalue weighted by Gasteiger charge is -2.08. The number of esters is 2. The third-order valence-electron chi connectivity index (χ3n) is 2.99. The topological polar surface area (TPSA) is 52.6 Å². The fourth-order valence-electron chi connectivity index (χ4n) is 1.78. The molecule has 0 aromatic heterocycles. The van der Waals surface area contributed by atoms with Crippen LogP contribution < -0.4 is 0 Å². The van der Waals surface area contributed by atoms with Crippen LogP contribution in [0.4, 0.5) is 0 Å². The van der Waals surface area contributed by atoms with E-state index in [1.807, 2.05) is 19.9 Å². The minimum Gasteiger partial charge on any atom is -0.465 e. The highest BCUT2D eigenvalue weighted by molar-refractivity contribution is 6.35. The molecule has 1 aromatic rings. The van der Waals surface area contributed by atoms with Crippen LogP contribution in [0.15, 0.2) is 18.2 Å². The predicted molar refractivity (Wildman–Crippen MR) is 90.8 cm³/mol. The van der Waals surface area contributed by atoms with Crippen LogP contribution in [0.25, 0.3) is 0 Å². The molecule has 0 N–H and O–H groups in total. The van der Waals surface area contributed by atoms with E-state index in [0.29, 0.717) is 35.4 Å². The van der Waals surface area contributed by atoms with E-state index in [9.17, 15) is 9.59 Å². The first-order chi connectivity index (χ1) is 10.9. The van der Waals surface area contributed by atoms with E-state index in [2.05, 4.69) is 0 Å². The van der Waals surface area contributed by atoms with Crippen molar-refractivity contribution in [1.29, 1.82) is 0 Å². The zero-order valence-corrected chi connectivity index (χ0v) is 15.0. The Hall–Kier alpha value is -1.26. The van der Waals surface area contributed by atoms with Crippen molar-refractivity contribution in [2.24, 2.45) is 5.92 Å². The monoisotopic (exact) mass is 360 g/mol. The molecule has 1 rings (SSSR count). The molecule has 23 heavy (non-hydrogen) atoms. The van der Waals surface area contributed by atoms with Gasteiger partial charge in [0.1, 0.15) is 0 Å². The summed E-state index contributed by atoms with van der Waals surface area (Å²) in [6.45, 7) is 4.60. The SMILES string of the molecule is CC(C)COC(=O)CCCC(=O)OCCc1ccc(Cl)cc1Cl. The second-order valence-corrected chi connectivity index (χ2v) is 6.48. The van der Waals surface area contributed by atoms with Crippen molar-refractivity contribution in [2.45, 2.75) is 39.5 Å². The quantitative estimate of drug-likeness (QED) is 0.610. The standard InChI is InChI=1S/C17H22Cl2O4/c1-12(2)11-23-17(21)5-3-4-16(20)22-9-8-13-6-7-14(18)10-15(13)19/h6-7,10,12H,3-5,8-9,11H2,1-2H3. The maximum atomic E-state index is 11.6. The van der Waals surface area contributed by atoms with E-state index in [4.69, 9.17) is 32.7 Å². The number of rotatable bonds is 9. The minimum absolute atomic E-state index is 0.200. The average molecular weight is 361 g/mol. The molecule has 0 saturated carbocycles. The first kappa shape index (κ1) is 19.8. The largest absolute Gasteiger partial charge is 0.465 e. The van der Waals surface area contributed by atoms with Gasteiger partial charge in [0.25, 0.3) is 0 Å². The lowest BCUT2D eigenvalue weighted by molar-refractivity contribution is -0.146. The van der Waals surface area contributed by atoms with Gasteiger partial charge in [-0.3, -0.25) is 9.59 Å². The maximum Gasteiger partial charge on any atom is 0.305 e. The third kappa shape index (κ3) is 8.82. The first-order valence-electron chi connectivity index (χ1n) is 7.63. The van der Waals surface area contributed by atoms with Crippen LogP contribution in [-0.2, 0) is 25.5 Å². The Morgan fingerprint density at radius 1 is 1.09 bits per heavy atom. The number of carbonyl (C=O) groups excluding carboxylic acids is 2. The molecule has 0 heterocycles. The van der Waals surface area contributed by atoms with Crippen molar-refractivity contribution in [3.63, 3.8) is 0 Å². The average Bonchev–Trinajstić information content (AvgIpc) is 2.47. The second kappa shape index (κ2) is 10.5. The van der Waals surface area contributed by atoms with Crippen molar-refractivity contribution in [3.05, 3.63) is 33.8 Å². The van der Waals surface area contributed by atoms with Crippen LogP contribution in [-0.4, -0.2) is 25.2 Å². The summed E-state index contributed by atoms with van der Waals surface area (Å²) >= 11 is 11.9. The number of hydrogen-bond acceptors (Lipinski definition) is 4. The van der Waals surface area contributed by atoms with Gasteiger partial charge in [0.2, 0.25) is 0 Å². The summed E-state index contributed by atoms with van der Waals surface area (Å²) < 4.78 is 10.2. The van der Waals surface area contributed by atoms with Gasteiger partial charge >= 0.3 is 11.9 Å². The Kier molecular flexibility index (Phi) is 9.03. The molecule has 6 heteroatoms. The molecule has 1 aromatic carbocycles. The highest BCUT2D eigenvalue weighted by atomic mass is 35.5. The van der Waals surface area contributed by atoms with Gasteiger partial charge in [-0.1, -0.05) is 43.1 Å². The molecule has 0 spiro atoms. The highest BCUT2D eigenvalue weighted by Gasteiger charge is 2.09. The van der Waals surface area contributed by atoms with Gasteiger partial charge in [-0.25, -0.2) is 0 Å². The van der Waals surface area contributed by atoms with Crippen molar-refractivity contribution in [3.8, 4) is 0 Å². The zero-order chi connectivity index (χ0) is 17.2. The summed E-state index contributed by atoms with van der Waals surface area (Å²) in [6, 6.07) is 5.21. The van der Waals surface area contributed by atoms with Crippen molar-refractivity contribution < 1.29 is 19.1 Å². The minimum atomic E-state index is -0.327. The van der Waals surface area contributed by atoms with Gasteiger partial charge in [-0.05, 0) is 30.0 Å². The maximum absolute atomic E-state index is 11.6. The molecule has 0 saturated heterocycles. The van der Waals surface area contributed by atoms with Crippen LogP contribution in [0.1, 0.15) is 38.7 Å². The first-order valence-corrected chi connectivity index (χ1v) is 8.39. The van der Waals surface area contributed by atoms with Crippen LogP contribution in [0.3, 0.4) is 0 Å². The van der Waals surface area contributed by atoms with Gasteiger partial charge in [0.15, 0.2) is 0 Å². The van der Waals surface area contributed by atoms with E-state index in [0.717, 1.165) is 5.56 Å². The molecule has 128 valence electrons. The lowest BCUT2D eigenvalue weighted by atomic mass is 10.1. The van der Waals surface area contributed by atoms with Gasteiger partial charge in [-0.15, -0.1) is 0 Å². The Morgan fingerprint density at radius 2 is 1.74 bits per heavy atom. The second-order valence-electron chi connectivity index (χ2n) is 5.64. The van der Waals surface area contributed by atoms with Crippen molar-refractivity contribution in [2.75, 3.05) is 13.2 Å². The summed E-state index contributed by atoms with van der Waals surface area (Å²) in [7, 11) is 0. The Bertz CT molecular complexity index is 529. The molecule has 0 unspecified atom stereocenters. The van der Waals surface area contributed by atoms with Gasteiger partial charge in [0.05, 0.1) is 13.2 Å². The van der Waals surface area contributed by atoms with E-state index in [1.54, 1.807) is 12.1 Å². The molecule has 0 aliphatic heterocycles. The van der Waals surface area contributed by atoms with Crippen molar-refractivity contribution >= 4 is 35.1 Å². The van der Waals surface area contributed by atoms with Crippen LogP contribution >= 0.6 is 23.2 Å². The normalized spacial score (nSPS) is 10.7. The van der Waals surface area contributed by atoms with E-state index in [1.165, 1.54) is 0 Å². The summed E-state index contributed by atoms with van der Waals surface area (Å²) in [6.07, 6.45) is 1.38. The summed E-state index contributed by atoms with van der Waals surface area (Å²) in [4.78, 5) is 23.0. The number of hydrogen-bond donors (Lipinski definition) is 0. The molecule has 0 amide bonds. The summed E-state index contributed by atoms with van der Waals surface area (Å²) in [5.74, 6) is -0.296. The fourth-order valence-corrected chi connectivity index (χ4v) is 2.28. The highest BCUT2D eigenvalue weighted by Crippen LogP contribution is 2.21. The predicted octanol–water partition coefficient (Wildman–Crippen LogP) is 4.45. The molecular formula is C17H22Cl2O4. The molecule has 0 atom stereocenters. The Balaban J connectivity index is 2.16. The Labute approximate surface area is 147 Å². The molecule has 0 aliphatic rings. The smallest absolute Gasteiger partial charge is 0.305 e. The van der Waals surface area contributed by atoms with Gasteiger partial charge in [0, 0.05) is 29.3 Å². The molecular weight excluding hydrogens is 339 g/mol. The Morgan fingerprint density at radius 3 is 2.35 bits per heavy atom. The third-order valence-corrected chi connectivity index (χ3v) is 3.58.